The minimum Gasteiger partial charge on any atom is -0.496 e. The molecule has 0 aromatic heterocycles. The van der Waals surface area contributed by atoms with Gasteiger partial charge in [0.25, 0.3) is 5.91 Å². The third-order valence-electron chi connectivity index (χ3n) is 4.23. The Morgan fingerprint density at radius 1 is 1.00 bits per heavy atom. The van der Waals surface area contributed by atoms with Crippen LogP contribution in [0.15, 0.2) is 83.8 Å². The second-order valence-corrected chi connectivity index (χ2v) is 7.82. The summed E-state index contributed by atoms with van der Waals surface area (Å²) < 4.78 is 28.6. The van der Waals surface area contributed by atoms with E-state index in [-0.39, 0.29) is 16.2 Å². The van der Waals surface area contributed by atoms with Crippen LogP contribution in [0.5, 0.6) is 5.75 Å². The lowest BCUT2D eigenvalue weighted by Crippen LogP contribution is -2.42. The molecule has 0 bridgehead atoms. The molecule has 29 heavy (non-hydrogen) atoms. The Labute approximate surface area is 169 Å². The van der Waals surface area contributed by atoms with Crippen LogP contribution in [0.2, 0.25) is 0 Å². The third kappa shape index (κ3) is 5.13. The van der Waals surface area contributed by atoms with Gasteiger partial charge in [-0.15, -0.1) is 0 Å². The minimum absolute atomic E-state index is 0.0630. The molecule has 0 radical (unpaired) electrons. The lowest BCUT2D eigenvalue weighted by atomic mass is 10.2. The molecule has 1 amide bonds. The first kappa shape index (κ1) is 20.4. The van der Waals surface area contributed by atoms with E-state index in [1.165, 1.54) is 25.3 Å². The van der Waals surface area contributed by atoms with Gasteiger partial charge >= 0.3 is 0 Å². The summed E-state index contributed by atoms with van der Waals surface area (Å²) in [4.78, 5) is 12.8. The van der Waals surface area contributed by atoms with Crippen molar-refractivity contribution in [2.45, 2.75) is 11.4 Å². The van der Waals surface area contributed by atoms with Crippen molar-refractivity contribution in [3.8, 4) is 5.75 Å². The first-order chi connectivity index (χ1) is 13.9. The first-order valence-electron chi connectivity index (χ1n) is 8.77. The first-order valence-corrected chi connectivity index (χ1v) is 10.3. The van der Waals surface area contributed by atoms with Crippen LogP contribution in [-0.2, 0) is 16.6 Å². The lowest BCUT2D eigenvalue weighted by molar-refractivity contribution is 0.0945. The average molecular weight is 411 g/mol. The smallest absolute Gasteiger partial charge is 0.273 e. The van der Waals surface area contributed by atoms with Crippen molar-refractivity contribution in [2.75, 3.05) is 12.1 Å². The number of carbonyl (C=O) groups is 1. The summed E-state index contributed by atoms with van der Waals surface area (Å²) in [6.07, 6.45) is 0. The topological polar surface area (TPSA) is 102 Å². The highest BCUT2D eigenvalue weighted by Crippen LogP contribution is 2.23. The predicted octanol–water partition coefficient (Wildman–Crippen LogP) is 2.69. The van der Waals surface area contributed by atoms with E-state index in [4.69, 9.17) is 9.88 Å². The van der Waals surface area contributed by atoms with Crippen LogP contribution in [0.25, 0.3) is 0 Å². The van der Waals surface area contributed by atoms with E-state index in [1.54, 1.807) is 5.01 Å². The van der Waals surface area contributed by atoms with E-state index >= 15 is 0 Å². The number of nitrogens with zero attached hydrogens (tertiary/aromatic N) is 1. The van der Waals surface area contributed by atoms with Crippen LogP contribution in [0.1, 0.15) is 15.9 Å². The summed E-state index contributed by atoms with van der Waals surface area (Å²) in [5.74, 6) is -0.283. The number of hydrazine groups is 1. The fourth-order valence-electron chi connectivity index (χ4n) is 2.79. The van der Waals surface area contributed by atoms with E-state index in [2.05, 4.69) is 5.43 Å². The molecule has 3 aromatic rings. The molecule has 0 atom stereocenters. The van der Waals surface area contributed by atoms with Gasteiger partial charge in [0.15, 0.2) is 0 Å². The quantitative estimate of drug-likeness (QED) is 0.582. The van der Waals surface area contributed by atoms with Gasteiger partial charge in [-0.25, -0.2) is 13.6 Å². The molecule has 0 saturated heterocycles. The summed E-state index contributed by atoms with van der Waals surface area (Å²) in [6, 6.07) is 22.9. The van der Waals surface area contributed by atoms with Crippen LogP contribution in [0.4, 0.5) is 5.69 Å². The molecule has 0 aliphatic heterocycles. The van der Waals surface area contributed by atoms with Crippen molar-refractivity contribution in [3.63, 3.8) is 0 Å². The normalized spacial score (nSPS) is 11.0. The number of carbonyl (C=O) groups excluding carboxylic acids is 1. The number of methoxy groups -OCH3 is 1. The Hall–Kier alpha value is -3.36. The molecular weight excluding hydrogens is 390 g/mol. The molecule has 3 rings (SSSR count). The molecule has 150 valence electrons. The number of rotatable bonds is 7. The zero-order valence-corrected chi connectivity index (χ0v) is 16.6. The highest BCUT2D eigenvalue weighted by atomic mass is 32.2. The lowest BCUT2D eigenvalue weighted by Gasteiger charge is -2.26. The fourth-order valence-corrected chi connectivity index (χ4v) is 3.33. The van der Waals surface area contributed by atoms with E-state index < -0.39 is 15.9 Å². The minimum atomic E-state index is -3.96. The molecule has 0 spiro atoms. The second-order valence-electron chi connectivity index (χ2n) is 6.26. The molecule has 3 aromatic carbocycles. The van der Waals surface area contributed by atoms with Gasteiger partial charge in [0, 0.05) is 0 Å². The van der Waals surface area contributed by atoms with Crippen LogP contribution in [-0.4, -0.2) is 21.4 Å². The number of nitrogens with two attached hydrogens (primary N) is 1. The van der Waals surface area contributed by atoms with Crippen LogP contribution >= 0.6 is 0 Å². The number of hydrogen-bond donors (Lipinski definition) is 2. The highest BCUT2D eigenvalue weighted by molar-refractivity contribution is 7.89. The van der Waals surface area contributed by atoms with Crippen LogP contribution in [0.3, 0.4) is 0 Å². The van der Waals surface area contributed by atoms with Crippen molar-refractivity contribution >= 4 is 21.6 Å². The Morgan fingerprint density at radius 3 is 2.21 bits per heavy atom. The van der Waals surface area contributed by atoms with E-state index in [1.807, 2.05) is 60.7 Å². The summed E-state index contributed by atoms with van der Waals surface area (Å²) in [6.45, 7) is 0.411. The van der Waals surface area contributed by atoms with Gasteiger partial charge in [0.05, 0.1) is 29.8 Å². The number of ether oxygens (including phenoxy) is 1. The van der Waals surface area contributed by atoms with Crippen LogP contribution < -0.4 is 20.3 Å². The van der Waals surface area contributed by atoms with Gasteiger partial charge in [0.2, 0.25) is 10.0 Å². The maximum atomic E-state index is 13.0. The third-order valence-corrected chi connectivity index (χ3v) is 5.14. The van der Waals surface area contributed by atoms with Crippen molar-refractivity contribution in [1.82, 2.24) is 5.43 Å². The number of primary sulfonamides is 1. The monoisotopic (exact) mass is 411 g/mol. The number of nitrogens with one attached hydrogen (secondary N) is 1. The molecule has 7 nitrogen and oxygen atoms in total. The zero-order chi connectivity index (χ0) is 20.9. The van der Waals surface area contributed by atoms with Crippen molar-refractivity contribution in [1.29, 1.82) is 0 Å². The van der Waals surface area contributed by atoms with Gasteiger partial charge in [0.1, 0.15) is 5.75 Å². The number of amides is 1. The Kier molecular flexibility index (Phi) is 6.16. The molecule has 3 N–H and O–H groups in total. The molecule has 8 heteroatoms. The Bertz CT molecular complexity index is 1090. The largest absolute Gasteiger partial charge is 0.496 e. The van der Waals surface area contributed by atoms with Crippen molar-refractivity contribution in [2.24, 2.45) is 5.14 Å². The summed E-state index contributed by atoms with van der Waals surface area (Å²) in [5.41, 5.74) is 4.65. The Balaban J connectivity index is 1.94. The SMILES string of the molecule is COc1ccc(S(N)(=O)=O)cc1C(=O)NN(Cc1ccccc1)c1ccccc1. The number of hydrogen-bond acceptors (Lipinski definition) is 5. The molecule has 0 heterocycles. The molecular formula is C21H21N3O4S. The van der Waals surface area contributed by atoms with Gasteiger partial charge in [-0.05, 0) is 35.9 Å². The maximum absolute atomic E-state index is 13.0. The highest BCUT2D eigenvalue weighted by Gasteiger charge is 2.20. The standard InChI is InChI=1S/C21H21N3O4S/c1-28-20-13-12-18(29(22,26)27)14-19(20)21(25)23-24(17-10-6-3-7-11-17)15-16-8-4-2-5-9-16/h2-14H,15H2,1H3,(H,23,25)(H2,22,26,27). The zero-order valence-electron chi connectivity index (χ0n) is 15.8. The number of benzene rings is 3. The molecule has 0 aliphatic carbocycles. The second kappa shape index (κ2) is 8.76. The summed E-state index contributed by atoms with van der Waals surface area (Å²) >= 11 is 0. The van der Waals surface area contributed by atoms with Gasteiger partial charge in [-0.2, -0.15) is 0 Å². The van der Waals surface area contributed by atoms with Gasteiger partial charge < -0.3 is 4.74 Å². The summed E-state index contributed by atoms with van der Waals surface area (Å²) in [5, 5.41) is 6.88. The maximum Gasteiger partial charge on any atom is 0.273 e. The summed E-state index contributed by atoms with van der Waals surface area (Å²) in [7, 11) is -2.56. The Morgan fingerprint density at radius 2 is 1.62 bits per heavy atom. The van der Waals surface area contributed by atoms with E-state index in [9.17, 15) is 13.2 Å². The van der Waals surface area contributed by atoms with Gasteiger partial charge in [-0.3, -0.25) is 15.2 Å². The van der Waals surface area contributed by atoms with Gasteiger partial charge in [-0.1, -0.05) is 48.5 Å². The van der Waals surface area contributed by atoms with E-state index in [0.29, 0.717) is 6.54 Å². The number of anilines is 1. The van der Waals surface area contributed by atoms with E-state index in [0.717, 1.165) is 11.3 Å². The van der Waals surface area contributed by atoms with Crippen LogP contribution in [0, 0.1) is 0 Å². The van der Waals surface area contributed by atoms with Crippen molar-refractivity contribution in [3.05, 3.63) is 90.0 Å². The molecule has 0 saturated carbocycles. The van der Waals surface area contributed by atoms with Crippen molar-refractivity contribution < 1.29 is 17.9 Å². The molecule has 0 aliphatic rings. The molecule has 0 unspecified atom stereocenters. The number of sulfonamides is 1. The predicted molar refractivity (Wildman–Crippen MR) is 111 cm³/mol. The molecule has 0 fully saturated rings. The fraction of sp³-hybridized carbons (Fsp3) is 0.0952. The average Bonchev–Trinajstić information content (AvgIpc) is 2.73. The number of para-hydroxylation sites is 1.